The van der Waals surface area contributed by atoms with E-state index in [0.717, 1.165) is 64.4 Å². The summed E-state index contributed by atoms with van der Waals surface area (Å²) in [6.45, 7) is 7.80. The predicted octanol–water partition coefficient (Wildman–Crippen LogP) is 11.6. The number of aryl methyl sites for hydroxylation is 1. The SMILES string of the molecule is CC(=O)O[C@H]1C(=O)[C@@]2(C)[C@H]([C@H](OC(=O)c3ccccc3)[C@]3(O)C[C@H](OC(=O)[C@H](OC(=O)CC(=O)Nc4ccc(CCCCCCCCCCCCCCCCCCC(=O)O)cc4)[C@@H](NC(=O)c4ccccc4)c4ccccc4)C(C)=C1C3(C)C)[C@]1(OC(C)=O)CO[C@@H]1C[C@@H]2O. The molecule has 0 radical (unpaired) electrons. The molecule has 95 heavy (non-hydrogen) atoms. The van der Waals surface area contributed by atoms with Gasteiger partial charge in [0.15, 0.2) is 17.5 Å². The molecular formula is C75H94N2O18. The maximum absolute atomic E-state index is 15.9. The maximum Gasteiger partial charge on any atom is 0.350 e. The number of Topliss-reactive ketones (excluding diaryl/α,β-unsaturated/α-hetero) is 1. The number of carbonyl (C=O) groups is 9. The zero-order valence-electron chi connectivity index (χ0n) is 55.6. The number of esters is 5. The number of ether oxygens (including phenoxy) is 6. The summed E-state index contributed by atoms with van der Waals surface area (Å²) in [6.07, 6.45) is 7.49. The minimum Gasteiger partial charge on any atom is -0.481 e. The van der Waals surface area contributed by atoms with E-state index in [4.69, 9.17) is 33.5 Å². The van der Waals surface area contributed by atoms with Crippen molar-refractivity contribution in [3.63, 3.8) is 0 Å². The van der Waals surface area contributed by atoms with Gasteiger partial charge in [0.2, 0.25) is 12.0 Å². The van der Waals surface area contributed by atoms with Crippen LogP contribution in [0.2, 0.25) is 0 Å². The zero-order chi connectivity index (χ0) is 68.5. The van der Waals surface area contributed by atoms with Crippen LogP contribution in [0, 0.1) is 16.7 Å². The molecule has 1 aliphatic heterocycles. The van der Waals surface area contributed by atoms with Gasteiger partial charge in [-0.15, -0.1) is 0 Å². The maximum atomic E-state index is 15.9. The van der Waals surface area contributed by atoms with Crippen LogP contribution >= 0.6 is 0 Å². The minimum absolute atomic E-state index is 0.0250. The number of aliphatic carboxylic acids is 1. The van der Waals surface area contributed by atoms with Gasteiger partial charge in [0.1, 0.15) is 36.4 Å². The lowest BCUT2D eigenvalue weighted by atomic mass is 9.44. The number of aliphatic hydroxyl groups is 2. The molecule has 4 aromatic rings. The van der Waals surface area contributed by atoms with Gasteiger partial charge in [0, 0.05) is 49.8 Å². The Hall–Kier alpha value is -8.07. The number of nitrogens with one attached hydrogen (secondary N) is 2. The zero-order valence-corrected chi connectivity index (χ0v) is 55.6. The molecule has 2 bridgehead atoms. The molecule has 0 unspecified atom stereocenters. The highest BCUT2D eigenvalue weighted by Gasteiger charge is 2.78. The number of ketones is 1. The molecular weight excluding hydrogens is 1220 g/mol. The number of carboxylic acids is 1. The highest BCUT2D eigenvalue weighted by atomic mass is 16.6. The average molecular weight is 1310 g/mol. The fourth-order valence-electron chi connectivity index (χ4n) is 14.6. The van der Waals surface area contributed by atoms with Gasteiger partial charge < -0.3 is 54.4 Å². The van der Waals surface area contributed by atoms with Crippen LogP contribution in [0.1, 0.15) is 208 Å². The second-order valence-electron chi connectivity index (χ2n) is 26.8. The highest BCUT2D eigenvalue weighted by Crippen LogP contribution is 2.64. The highest BCUT2D eigenvalue weighted by molar-refractivity contribution is 6.02. The molecule has 3 aliphatic carbocycles. The molecule has 8 rings (SSSR count). The first-order chi connectivity index (χ1) is 45.4. The standard InChI is InChI=1S/C75H94N2O18/c1-48-56(46-75(89)68(94-70(87)54-37-29-23-30-38-54)66-73(6,57(80)44-58-74(66,47-90-58)95-50(3)79)67(85)64(91-49(2)78)62(48)72(75,4)5)92-71(88)65(63(52-33-25-21-26-34-52)77-69(86)53-35-27-22-28-36-53)93-61(84)45-59(81)76-55-42-40-51(41-43-55)32-24-19-17-15-13-11-9-7-8-10-12-14-16-18-20-31-39-60(82)83/h21-23,25-30,33-38,40-43,56-58,63-66,68,80,89H,7-20,24,31-32,39,44-47H2,1-6H3,(H,76,81)(H,77,86)(H,82,83)/t56-,57-,58+,63-,64+,65+,66-,68-,73+,74-,75+/m0/s1. The molecule has 0 spiro atoms. The summed E-state index contributed by atoms with van der Waals surface area (Å²) in [7, 11) is 0. The van der Waals surface area contributed by atoms with Crippen molar-refractivity contribution in [2.24, 2.45) is 16.7 Å². The van der Waals surface area contributed by atoms with Gasteiger partial charge in [-0.05, 0) is 91.8 Å². The van der Waals surface area contributed by atoms with E-state index in [1.54, 1.807) is 78.9 Å². The monoisotopic (exact) mass is 1310 g/mol. The molecule has 1 heterocycles. The van der Waals surface area contributed by atoms with Crippen LogP contribution < -0.4 is 10.6 Å². The number of hydrogen-bond acceptors (Lipinski definition) is 17. The number of carboxylic acid groups (broad SMARTS) is 1. The summed E-state index contributed by atoms with van der Waals surface area (Å²) in [4.78, 5) is 126. The number of aliphatic hydroxyl groups excluding tert-OH is 1. The third-order valence-corrected chi connectivity index (χ3v) is 19.9. The van der Waals surface area contributed by atoms with Crippen molar-refractivity contribution < 1.29 is 86.9 Å². The fraction of sp³-hybridized carbons (Fsp3) is 0.533. The van der Waals surface area contributed by atoms with E-state index in [1.165, 1.54) is 116 Å². The molecule has 3 fully saturated rings. The molecule has 1 saturated heterocycles. The van der Waals surface area contributed by atoms with Crippen LogP contribution in [-0.4, -0.2) is 123 Å². The van der Waals surface area contributed by atoms with Crippen molar-refractivity contribution in [3.05, 3.63) is 149 Å². The first-order valence-electron chi connectivity index (χ1n) is 33.7. The van der Waals surface area contributed by atoms with Gasteiger partial charge in [-0.3, -0.25) is 33.6 Å². The number of fused-ring (bicyclic) bond motifs is 5. The molecule has 5 N–H and O–H groups in total. The van der Waals surface area contributed by atoms with E-state index in [0.29, 0.717) is 5.69 Å². The van der Waals surface area contributed by atoms with Gasteiger partial charge in [0.25, 0.3) is 5.91 Å². The lowest BCUT2D eigenvalue weighted by molar-refractivity contribution is -0.346. The van der Waals surface area contributed by atoms with Crippen LogP contribution in [0.4, 0.5) is 5.69 Å². The van der Waals surface area contributed by atoms with Crippen LogP contribution in [0.15, 0.2) is 126 Å². The summed E-state index contributed by atoms with van der Waals surface area (Å²) in [6, 6.07) is 29.7. The number of carbonyl (C=O) groups excluding carboxylic acids is 8. The third kappa shape index (κ3) is 17.5. The van der Waals surface area contributed by atoms with Crippen molar-refractivity contribution in [2.75, 3.05) is 11.9 Å². The Morgan fingerprint density at radius 1 is 0.663 bits per heavy atom. The predicted molar refractivity (Wildman–Crippen MR) is 351 cm³/mol. The molecule has 11 atom stereocenters. The third-order valence-electron chi connectivity index (χ3n) is 19.9. The van der Waals surface area contributed by atoms with Crippen molar-refractivity contribution in [1.29, 1.82) is 0 Å². The Morgan fingerprint density at radius 3 is 1.73 bits per heavy atom. The molecule has 4 aromatic carbocycles. The number of anilines is 1. The van der Waals surface area contributed by atoms with E-state index in [9.17, 15) is 43.8 Å². The van der Waals surface area contributed by atoms with E-state index in [-0.39, 0.29) is 47.3 Å². The molecule has 2 saturated carbocycles. The topological polar surface area (TPSA) is 294 Å². The van der Waals surface area contributed by atoms with E-state index in [2.05, 4.69) is 10.6 Å². The second kappa shape index (κ2) is 33.1. The first kappa shape index (κ1) is 72.8. The summed E-state index contributed by atoms with van der Waals surface area (Å²) in [5, 5.41) is 40.8. The van der Waals surface area contributed by atoms with Crippen LogP contribution in [-0.2, 0) is 68.4 Å². The number of amides is 2. The Bertz CT molecular complexity index is 3350. The minimum atomic E-state index is -2.52. The first-order valence-corrected chi connectivity index (χ1v) is 33.7. The van der Waals surface area contributed by atoms with Gasteiger partial charge in [-0.1, -0.05) is 183 Å². The number of benzene rings is 4. The van der Waals surface area contributed by atoms with Crippen LogP contribution in [0.3, 0.4) is 0 Å². The van der Waals surface area contributed by atoms with Crippen molar-refractivity contribution in [3.8, 4) is 0 Å². The largest absolute Gasteiger partial charge is 0.481 e. The molecule has 20 heteroatoms. The van der Waals surface area contributed by atoms with E-state index in [1.807, 2.05) is 12.1 Å². The van der Waals surface area contributed by atoms with Gasteiger partial charge >= 0.3 is 35.8 Å². The second-order valence-corrected chi connectivity index (χ2v) is 26.8. The lowest BCUT2D eigenvalue weighted by Crippen LogP contribution is -2.82. The Kier molecular flexibility index (Phi) is 25.3. The summed E-state index contributed by atoms with van der Waals surface area (Å²) in [5.74, 6) is -9.98. The molecule has 512 valence electrons. The van der Waals surface area contributed by atoms with E-state index >= 15 is 9.59 Å². The molecule has 0 aromatic heterocycles. The summed E-state index contributed by atoms with van der Waals surface area (Å²) in [5.41, 5.74) is -6.33. The summed E-state index contributed by atoms with van der Waals surface area (Å²) >= 11 is 0. The van der Waals surface area contributed by atoms with E-state index < -0.39 is 137 Å². The number of rotatable bonds is 33. The van der Waals surface area contributed by atoms with Gasteiger partial charge in [-0.25, -0.2) is 9.59 Å². The van der Waals surface area contributed by atoms with Gasteiger partial charge in [-0.2, -0.15) is 0 Å². The Labute approximate surface area is 556 Å². The molecule has 20 nitrogen and oxygen atoms in total. The number of hydrogen-bond donors (Lipinski definition) is 5. The van der Waals surface area contributed by atoms with Crippen molar-refractivity contribution >= 4 is 59.1 Å². The van der Waals surface area contributed by atoms with Crippen molar-refractivity contribution in [2.45, 2.75) is 230 Å². The Balaban J connectivity index is 1.00. The van der Waals surface area contributed by atoms with Crippen LogP contribution in [0.25, 0.3) is 0 Å². The smallest absolute Gasteiger partial charge is 0.350 e. The fourth-order valence-corrected chi connectivity index (χ4v) is 14.6. The normalized spacial score (nSPS) is 24.7. The molecule has 4 aliphatic rings. The quantitative estimate of drug-likeness (QED) is 0.00973. The Morgan fingerprint density at radius 2 is 1.20 bits per heavy atom. The van der Waals surface area contributed by atoms with Crippen molar-refractivity contribution in [1.82, 2.24) is 5.32 Å². The summed E-state index contributed by atoms with van der Waals surface area (Å²) < 4.78 is 37.1. The average Bonchev–Trinajstić information content (AvgIpc) is 0.670. The lowest BCUT2D eigenvalue weighted by Gasteiger charge is -2.67. The van der Waals surface area contributed by atoms with Crippen LogP contribution in [0.5, 0.6) is 0 Å². The van der Waals surface area contributed by atoms with Gasteiger partial charge in [0.05, 0.1) is 29.6 Å². The molecule has 2 amide bonds. The number of unbranched alkanes of at least 4 members (excludes halogenated alkanes) is 15.